The van der Waals surface area contributed by atoms with E-state index in [1.165, 1.54) is 25.3 Å². The average molecular weight is 408 g/mol. The molecule has 0 fully saturated rings. The van der Waals surface area contributed by atoms with Crippen molar-refractivity contribution in [3.63, 3.8) is 0 Å². The molecule has 1 atom stereocenters. The van der Waals surface area contributed by atoms with Gasteiger partial charge in [-0.2, -0.15) is 0 Å². The Morgan fingerprint density at radius 3 is 2.50 bits per heavy atom. The SMILES string of the molecule is COc1ccc(C(=O)NC(CC(=O)O)c2ccc(C)cc2)nc1-c1cccc(F)c1. The molecule has 0 aliphatic carbocycles. The number of halogens is 1. The van der Waals surface area contributed by atoms with Gasteiger partial charge in [-0.05, 0) is 36.8 Å². The number of pyridine rings is 1. The lowest BCUT2D eigenvalue weighted by atomic mass is 10.0. The third-order valence-electron chi connectivity index (χ3n) is 4.57. The number of aryl methyl sites for hydroxylation is 1. The highest BCUT2D eigenvalue weighted by Gasteiger charge is 2.21. The first-order valence-electron chi connectivity index (χ1n) is 9.27. The zero-order valence-electron chi connectivity index (χ0n) is 16.6. The van der Waals surface area contributed by atoms with Crippen molar-refractivity contribution in [2.45, 2.75) is 19.4 Å². The number of carboxylic acid groups (broad SMARTS) is 1. The van der Waals surface area contributed by atoms with E-state index >= 15 is 0 Å². The standard InChI is InChI=1S/C23H21FN2O4/c1-14-6-8-15(9-7-14)19(13-21(27)28)26-23(29)18-10-11-20(30-2)22(25-18)16-4-3-5-17(24)12-16/h3-12,19H,13H2,1-2H3,(H,26,29)(H,27,28). The molecule has 0 aliphatic heterocycles. The Labute approximate surface area is 173 Å². The second kappa shape index (κ2) is 9.17. The Morgan fingerprint density at radius 1 is 1.13 bits per heavy atom. The van der Waals surface area contributed by atoms with Crippen LogP contribution < -0.4 is 10.1 Å². The number of hydrogen-bond acceptors (Lipinski definition) is 4. The van der Waals surface area contributed by atoms with E-state index in [-0.39, 0.29) is 12.1 Å². The summed E-state index contributed by atoms with van der Waals surface area (Å²) in [5.41, 5.74) is 2.54. The maximum absolute atomic E-state index is 13.7. The third kappa shape index (κ3) is 5.00. The highest BCUT2D eigenvalue weighted by molar-refractivity contribution is 5.93. The molecule has 3 rings (SSSR count). The fourth-order valence-corrected chi connectivity index (χ4v) is 3.04. The average Bonchev–Trinajstić information content (AvgIpc) is 2.73. The molecule has 2 N–H and O–H groups in total. The summed E-state index contributed by atoms with van der Waals surface area (Å²) in [7, 11) is 1.46. The lowest BCUT2D eigenvalue weighted by molar-refractivity contribution is -0.137. The largest absolute Gasteiger partial charge is 0.494 e. The van der Waals surface area contributed by atoms with E-state index in [0.29, 0.717) is 22.6 Å². The molecule has 154 valence electrons. The maximum Gasteiger partial charge on any atom is 0.305 e. The molecule has 2 aromatic carbocycles. The number of nitrogens with one attached hydrogen (secondary N) is 1. The van der Waals surface area contributed by atoms with Crippen LogP contribution in [0, 0.1) is 12.7 Å². The molecule has 0 spiro atoms. The monoisotopic (exact) mass is 408 g/mol. The van der Waals surface area contributed by atoms with Crippen LogP contribution in [0.3, 0.4) is 0 Å². The third-order valence-corrected chi connectivity index (χ3v) is 4.57. The summed E-state index contributed by atoms with van der Waals surface area (Å²) in [4.78, 5) is 28.5. The number of carbonyl (C=O) groups is 2. The molecular formula is C23H21FN2O4. The minimum Gasteiger partial charge on any atom is -0.494 e. The number of carboxylic acids is 1. The summed E-state index contributed by atoms with van der Waals surface area (Å²) >= 11 is 0. The fraction of sp³-hybridized carbons (Fsp3) is 0.174. The Morgan fingerprint density at radius 2 is 1.87 bits per heavy atom. The summed E-state index contributed by atoms with van der Waals surface area (Å²) in [5, 5.41) is 12.0. The first-order valence-corrected chi connectivity index (χ1v) is 9.27. The van der Waals surface area contributed by atoms with E-state index in [0.717, 1.165) is 5.56 Å². The van der Waals surface area contributed by atoms with Crippen LogP contribution in [0.5, 0.6) is 5.75 Å². The lowest BCUT2D eigenvalue weighted by Gasteiger charge is -2.18. The predicted octanol–water partition coefficient (Wildman–Crippen LogP) is 4.15. The van der Waals surface area contributed by atoms with Crippen molar-refractivity contribution >= 4 is 11.9 Å². The van der Waals surface area contributed by atoms with Gasteiger partial charge < -0.3 is 15.2 Å². The van der Waals surface area contributed by atoms with Gasteiger partial charge in [-0.1, -0.05) is 42.0 Å². The molecular weight excluding hydrogens is 387 g/mol. The van der Waals surface area contributed by atoms with Gasteiger partial charge in [-0.3, -0.25) is 9.59 Å². The van der Waals surface area contributed by atoms with E-state index < -0.39 is 23.7 Å². The second-order valence-corrected chi connectivity index (χ2v) is 6.79. The van der Waals surface area contributed by atoms with Gasteiger partial charge in [-0.25, -0.2) is 9.37 Å². The summed E-state index contributed by atoms with van der Waals surface area (Å²) in [5.74, 6) is -1.63. The molecule has 1 heterocycles. The summed E-state index contributed by atoms with van der Waals surface area (Å²) in [6, 6.07) is 15.4. The Kier molecular flexibility index (Phi) is 6.41. The van der Waals surface area contributed by atoms with Crippen molar-refractivity contribution < 1.29 is 23.8 Å². The van der Waals surface area contributed by atoms with Gasteiger partial charge in [0.15, 0.2) is 0 Å². The smallest absolute Gasteiger partial charge is 0.305 e. The molecule has 0 bridgehead atoms. The topological polar surface area (TPSA) is 88.5 Å². The number of hydrogen-bond donors (Lipinski definition) is 2. The maximum atomic E-state index is 13.7. The fourth-order valence-electron chi connectivity index (χ4n) is 3.04. The van der Waals surface area contributed by atoms with Crippen molar-refractivity contribution in [2.24, 2.45) is 0 Å². The van der Waals surface area contributed by atoms with Crippen LogP contribution in [-0.4, -0.2) is 29.1 Å². The number of ether oxygens (including phenoxy) is 1. The Bertz CT molecular complexity index is 1070. The van der Waals surface area contributed by atoms with Gasteiger partial charge in [0.25, 0.3) is 5.91 Å². The molecule has 6 nitrogen and oxygen atoms in total. The first kappa shape index (κ1) is 21.0. The van der Waals surface area contributed by atoms with Crippen molar-refractivity contribution in [3.8, 4) is 17.0 Å². The molecule has 7 heteroatoms. The molecule has 0 radical (unpaired) electrons. The zero-order valence-corrected chi connectivity index (χ0v) is 16.6. The second-order valence-electron chi connectivity index (χ2n) is 6.79. The Balaban J connectivity index is 1.92. The minimum atomic E-state index is -1.04. The van der Waals surface area contributed by atoms with Crippen molar-refractivity contribution in [2.75, 3.05) is 7.11 Å². The van der Waals surface area contributed by atoms with Gasteiger partial charge in [0.05, 0.1) is 19.6 Å². The van der Waals surface area contributed by atoms with Crippen LogP contribution in [0.15, 0.2) is 60.7 Å². The van der Waals surface area contributed by atoms with E-state index in [2.05, 4.69) is 10.3 Å². The predicted molar refractivity (Wildman–Crippen MR) is 110 cm³/mol. The van der Waals surface area contributed by atoms with Crippen LogP contribution in [0.2, 0.25) is 0 Å². The number of carbonyl (C=O) groups excluding carboxylic acids is 1. The van der Waals surface area contributed by atoms with E-state index in [1.54, 1.807) is 30.3 Å². The summed E-state index contributed by atoms with van der Waals surface area (Å²) in [6.45, 7) is 1.92. The number of aliphatic carboxylic acids is 1. The van der Waals surface area contributed by atoms with Gasteiger partial charge in [0, 0.05) is 5.56 Å². The van der Waals surface area contributed by atoms with Crippen LogP contribution in [0.25, 0.3) is 11.3 Å². The van der Waals surface area contributed by atoms with E-state index in [9.17, 15) is 19.1 Å². The van der Waals surface area contributed by atoms with Gasteiger partial charge in [-0.15, -0.1) is 0 Å². The zero-order chi connectivity index (χ0) is 21.7. The molecule has 30 heavy (non-hydrogen) atoms. The van der Waals surface area contributed by atoms with Gasteiger partial charge in [0.2, 0.25) is 0 Å². The van der Waals surface area contributed by atoms with Crippen LogP contribution >= 0.6 is 0 Å². The van der Waals surface area contributed by atoms with Crippen LogP contribution in [0.4, 0.5) is 4.39 Å². The molecule has 1 unspecified atom stereocenters. The quantitative estimate of drug-likeness (QED) is 0.613. The highest BCUT2D eigenvalue weighted by atomic mass is 19.1. The van der Waals surface area contributed by atoms with Crippen molar-refractivity contribution in [1.82, 2.24) is 10.3 Å². The molecule has 1 amide bonds. The van der Waals surface area contributed by atoms with Gasteiger partial charge >= 0.3 is 5.97 Å². The lowest BCUT2D eigenvalue weighted by Crippen LogP contribution is -2.30. The number of benzene rings is 2. The van der Waals surface area contributed by atoms with Crippen molar-refractivity contribution in [3.05, 3.63) is 83.3 Å². The Hall–Kier alpha value is -3.74. The van der Waals surface area contributed by atoms with E-state index in [4.69, 9.17) is 4.74 Å². The van der Waals surface area contributed by atoms with E-state index in [1.807, 2.05) is 19.1 Å². The van der Waals surface area contributed by atoms with Crippen LogP contribution in [0.1, 0.15) is 34.1 Å². The van der Waals surface area contributed by atoms with Crippen LogP contribution in [-0.2, 0) is 4.79 Å². The number of amides is 1. The molecule has 0 aliphatic rings. The van der Waals surface area contributed by atoms with Crippen molar-refractivity contribution in [1.29, 1.82) is 0 Å². The molecule has 0 saturated carbocycles. The first-order chi connectivity index (χ1) is 14.4. The highest BCUT2D eigenvalue weighted by Crippen LogP contribution is 2.29. The number of aromatic nitrogens is 1. The minimum absolute atomic E-state index is 0.0672. The van der Waals surface area contributed by atoms with Gasteiger partial charge in [0.1, 0.15) is 23.0 Å². The summed E-state index contributed by atoms with van der Waals surface area (Å²) < 4.78 is 18.9. The summed E-state index contributed by atoms with van der Waals surface area (Å²) in [6.07, 6.45) is -0.276. The number of nitrogens with zero attached hydrogens (tertiary/aromatic N) is 1. The molecule has 3 aromatic rings. The number of methoxy groups -OCH3 is 1. The number of rotatable bonds is 7. The molecule has 0 saturated heterocycles. The normalized spacial score (nSPS) is 11.6. The molecule has 1 aromatic heterocycles.